The van der Waals surface area contributed by atoms with Crippen molar-refractivity contribution in [3.63, 3.8) is 0 Å². The monoisotopic (exact) mass is 290 g/mol. The van der Waals surface area contributed by atoms with Gasteiger partial charge in [0, 0.05) is 31.3 Å². The molecule has 1 heterocycles. The Bertz CT molecular complexity index is 485. The van der Waals surface area contributed by atoms with E-state index >= 15 is 0 Å². The molecule has 1 aromatic carbocycles. The molecule has 0 radical (unpaired) electrons. The third-order valence-corrected chi connectivity index (χ3v) is 4.08. The van der Waals surface area contributed by atoms with Crippen LogP contribution in [0.1, 0.15) is 30.0 Å². The summed E-state index contributed by atoms with van der Waals surface area (Å²) >= 11 is 0. The van der Waals surface area contributed by atoms with Crippen molar-refractivity contribution in [2.24, 2.45) is 5.92 Å². The number of ether oxygens (including phenoxy) is 1. The molecule has 0 bridgehead atoms. The zero-order valence-electron chi connectivity index (χ0n) is 13.5. The highest BCUT2D eigenvalue weighted by Crippen LogP contribution is 2.22. The normalized spacial score (nSPS) is 17.8. The fraction of sp³-hybridized carbons (Fsp3) is 0.588. The van der Waals surface area contributed by atoms with Crippen molar-refractivity contribution in [1.82, 2.24) is 4.90 Å². The number of urea groups is 1. The molecule has 1 fully saturated rings. The fourth-order valence-corrected chi connectivity index (χ4v) is 2.96. The second kappa shape index (κ2) is 6.94. The smallest absolute Gasteiger partial charge is 0.321 e. The standard InChI is InChI=1S/C17H26N2O2/c1-5-19(10-15-6-7-21-11-15)17(20)18-16-13(3)8-12(2)9-14(16)4/h8-9,15H,5-7,10-11H2,1-4H3,(H,18,20)/t15-/m0/s1. The van der Waals surface area contributed by atoms with Gasteiger partial charge in [0.05, 0.1) is 6.61 Å². The number of nitrogens with zero attached hydrogens (tertiary/aromatic N) is 1. The first-order valence-corrected chi connectivity index (χ1v) is 7.72. The molecule has 4 nitrogen and oxygen atoms in total. The van der Waals surface area contributed by atoms with Gasteiger partial charge >= 0.3 is 6.03 Å². The Kier molecular flexibility index (Phi) is 5.23. The molecule has 1 N–H and O–H groups in total. The summed E-state index contributed by atoms with van der Waals surface area (Å²) in [4.78, 5) is 14.4. The summed E-state index contributed by atoms with van der Waals surface area (Å²) in [6.07, 6.45) is 1.05. The summed E-state index contributed by atoms with van der Waals surface area (Å²) in [7, 11) is 0. The first kappa shape index (κ1) is 15.8. The summed E-state index contributed by atoms with van der Waals surface area (Å²) in [5.41, 5.74) is 4.38. The summed E-state index contributed by atoms with van der Waals surface area (Å²) in [5, 5.41) is 3.08. The number of carbonyl (C=O) groups excluding carboxylic acids is 1. The van der Waals surface area contributed by atoms with Crippen LogP contribution in [0.3, 0.4) is 0 Å². The van der Waals surface area contributed by atoms with Gasteiger partial charge in [0.2, 0.25) is 0 Å². The molecule has 1 aliphatic rings. The lowest BCUT2D eigenvalue weighted by atomic mass is 10.1. The van der Waals surface area contributed by atoms with E-state index in [9.17, 15) is 4.79 Å². The molecule has 1 saturated heterocycles. The van der Waals surface area contributed by atoms with E-state index < -0.39 is 0 Å². The Morgan fingerprint density at radius 2 is 2.00 bits per heavy atom. The first-order valence-electron chi connectivity index (χ1n) is 7.72. The molecule has 2 amide bonds. The van der Waals surface area contributed by atoms with Gasteiger partial charge in [-0.25, -0.2) is 4.79 Å². The van der Waals surface area contributed by atoms with Crippen LogP contribution >= 0.6 is 0 Å². The Labute approximate surface area is 127 Å². The number of hydrogen-bond donors (Lipinski definition) is 1. The molecule has 4 heteroatoms. The average molecular weight is 290 g/mol. The third kappa shape index (κ3) is 3.97. The number of hydrogen-bond acceptors (Lipinski definition) is 2. The minimum Gasteiger partial charge on any atom is -0.381 e. The molecule has 0 aliphatic carbocycles. The third-order valence-electron chi connectivity index (χ3n) is 4.08. The van der Waals surface area contributed by atoms with Crippen molar-refractivity contribution in [2.45, 2.75) is 34.1 Å². The van der Waals surface area contributed by atoms with Crippen LogP contribution in [-0.4, -0.2) is 37.2 Å². The van der Waals surface area contributed by atoms with E-state index in [1.165, 1.54) is 5.56 Å². The zero-order valence-corrected chi connectivity index (χ0v) is 13.5. The number of carbonyl (C=O) groups is 1. The maximum Gasteiger partial charge on any atom is 0.321 e. The molecule has 2 rings (SSSR count). The fourth-order valence-electron chi connectivity index (χ4n) is 2.96. The summed E-state index contributed by atoms with van der Waals surface area (Å²) in [6.45, 7) is 11.2. The second-order valence-electron chi connectivity index (χ2n) is 5.97. The van der Waals surface area contributed by atoms with Gasteiger partial charge in [-0.05, 0) is 45.2 Å². The topological polar surface area (TPSA) is 41.6 Å². The van der Waals surface area contributed by atoms with Crippen LogP contribution in [0.2, 0.25) is 0 Å². The average Bonchev–Trinajstić information content (AvgIpc) is 2.92. The van der Waals surface area contributed by atoms with Crippen LogP contribution in [0.25, 0.3) is 0 Å². The van der Waals surface area contributed by atoms with Crippen LogP contribution < -0.4 is 5.32 Å². The van der Waals surface area contributed by atoms with E-state index in [2.05, 4.69) is 24.4 Å². The maximum atomic E-state index is 12.5. The Hall–Kier alpha value is -1.55. The predicted octanol–water partition coefficient (Wildman–Crippen LogP) is 3.50. The van der Waals surface area contributed by atoms with E-state index in [1.54, 1.807) is 0 Å². The van der Waals surface area contributed by atoms with E-state index in [0.29, 0.717) is 12.5 Å². The molecule has 0 spiro atoms. The van der Waals surface area contributed by atoms with Crippen molar-refractivity contribution in [3.05, 3.63) is 28.8 Å². The van der Waals surface area contributed by atoms with Gasteiger partial charge in [-0.2, -0.15) is 0 Å². The van der Waals surface area contributed by atoms with Crippen molar-refractivity contribution in [3.8, 4) is 0 Å². The lowest BCUT2D eigenvalue weighted by molar-refractivity contribution is 0.171. The van der Waals surface area contributed by atoms with Gasteiger partial charge in [-0.15, -0.1) is 0 Å². The molecule has 1 aromatic rings. The quantitative estimate of drug-likeness (QED) is 0.922. The van der Waals surface area contributed by atoms with E-state index in [1.807, 2.05) is 25.7 Å². The summed E-state index contributed by atoms with van der Waals surface area (Å²) < 4.78 is 5.39. The second-order valence-corrected chi connectivity index (χ2v) is 5.97. The maximum absolute atomic E-state index is 12.5. The molecular weight excluding hydrogens is 264 g/mol. The van der Waals surface area contributed by atoms with Crippen LogP contribution in [0, 0.1) is 26.7 Å². The van der Waals surface area contributed by atoms with Crippen LogP contribution in [0.5, 0.6) is 0 Å². The van der Waals surface area contributed by atoms with Gasteiger partial charge in [0.15, 0.2) is 0 Å². The highest BCUT2D eigenvalue weighted by Gasteiger charge is 2.22. The lowest BCUT2D eigenvalue weighted by Crippen LogP contribution is -2.38. The highest BCUT2D eigenvalue weighted by atomic mass is 16.5. The number of amides is 2. The molecule has 21 heavy (non-hydrogen) atoms. The van der Waals surface area contributed by atoms with Gasteiger partial charge in [0.1, 0.15) is 0 Å². The Morgan fingerprint density at radius 3 is 2.52 bits per heavy atom. The number of benzene rings is 1. The molecular formula is C17H26N2O2. The van der Waals surface area contributed by atoms with Crippen LogP contribution in [-0.2, 0) is 4.74 Å². The minimum atomic E-state index is -0.0144. The molecule has 0 unspecified atom stereocenters. The van der Waals surface area contributed by atoms with Gasteiger partial charge in [-0.1, -0.05) is 17.7 Å². The van der Waals surface area contributed by atoms with Crippen LogP contribution in [0.4, 0.5) is 10.5 Å². The number of nitrogens with one attached hydrogen (secondary N) is 1. The lowest BCUT2D eigenvalue weighted by Gasteiger charge is -2.25. The molecule has 0 saturated carbocycles. The minimum absolute atomic E-state index is 0.0144. The number of anilines is 1. The summed E-state index contributed by atoms with van der Waals surface area (Å²) in [5.74, 6) is 0.468. The zero-order chi connectivity index (χ0) is 15.4. The summed E-state index contributed by atoms with van der Waals surface area (Å²) in [6, 6.07) is 4.19. The first-order chi connectivity index (χ1) is 10.0. The van der Waals surface area contributed by atoms with Gasteiger partial charge < -0.3 is 15.0 Å². The van der Waals surface area contributed by atoms with E-state index in [4.69, 9.17) is 4.74 Å². The van der Waals surface area contributed by atoms with Crippen molar-refractivity contribution in [1.29, 1.82) is 0 Å². The van der Waals surface area contributed by atoms with Crippen molar-refractivity contribution >= 4 is 11.7 Å². The molecule has 0 aromatic heterocycles. The molecule has 1 aliphatic heterocycles. The number of rotatable bonds is 4. The predicted molar refractivity (Wildman–Crippen MR) is 85.8 cm³/mol. The van der Waals surface area contributed by atoms with Crippen molar-refractivity contribution in [2.75, 3.05) is 31.6 Å². The van der Waals surface area contributed by atoms with Gasteiger partial charge in [-0.3, -0.25) is 0 Å². The molecule has 116 valence electrons. The SMILES string of the molecule is CCN(C[C@@H]1CCOC1)C(=O)Nc1c(C)cc(C)cc1C. The molecule has 1 atom stereocenters. The highest BCUT2D eigenvalue weighted by molar-refractivity contribution is 5.91. The largest absolute Gasteiger partial charge is 0.381 e. The van der Waals surface area contributed by atoms with E-state index in [-0.39, 0.29) is 6.03 Å². The van der Waals surface area contributed by atoms with Gasteiger partial charge in [0.25, 0.3) is 0 Å². The number of aryl methyl sites for hydroxylation is 3. The Balaban J connectivity index is 2.05. The Morgan fingerprint density at radius 1 is 1.33 bits per heavy atom. The van der Waals surface area contributed by atoms with Crippen molar-refractivity contribution < 1.29 is 9.53 Å². The van der Waals surface area contributed by atoms with E-state index in [0.717, 1.165) is 43.0 Å². The van der Waals surface area contributed by atoms with Crippen LogP contribution in [0.15, 0.2) is 12.1 Å².